The molecule has 68 valence electrons. The number of nitrogens with zero attached hydrogens (tertiary/aromatic N) is 3. The molecule has 1 amide bonds. The fourth-order valence-corrected chi connectivity index (χ4v) is 0.790. The highest BCUT2D eigenvalue weighted by Crippen LogP contribution is 2.05. The summed E-state index contributed by atoms with van der Waals surface area (Å²) in [6.07, 6.45) is 1.58. The van der Waals surface area contributed by atoms with Gasteiger partial charge in [0.05, 0.1) is 12.3 Å². The maximum absolute atomic E-state index is 11.2. The molecule has 0 radical (unpaired) electrons. The number of nitrogens with one attached hydrogen (secondary N) is 1. The molecular weight excluding hydrogens is 168 g/mol. The standard InChI is InChI=1S/C8H10N4O/c1-6(5-9)8(13)11-7-3-4-10-12(7)2/h3-4,6H,1-2H3,(H,11,13). The minimum Gasteiger partial charge on any atom is -0.310 e. The van der Waals surface area contributed by atoms with E-state index in [1.54, 1.807) is 26.2 Å². The van der Waals surface area contributed by atoms with Gasteiger partial charge in [0, 0.05) is 13.1 Å². The van der Waals surface area contributed by atoms with Gasteiger partial charge >= 0.3 is 0 Å². The minimum absolute atomic E-state index is 0.314. The van der Waals surface area contributed by atoms with E-state index in [1.165, 1.54) is 4.68 Å². The molecule has 5 nitrogen and oxygen atoms in total. The first-order valence-electron chi connectivity index (χ1n) is 3.83. The van der Waals surface area contributed by atoms with Crippen molar-refractivity contribution in [3.63, 3.8) is 0 Å². The average molecular weight is 178 g/mol. The van der Waals surface area contributed by atoms with E-state index in [0.29, 0.717) is 5.82 Å². The van der Waals surface area contributed by atoms with Crippen molar-refractivity contribution in [1.29, 1.82) is 5.26 Å². The van der Waals surface area contributed by atoms with Crippen molar-refractivity contribution >= 4 is 11.7 Å². The molecule has 0 saturated heterocycles. The van der Waals surface area contributed by atoms with Gasteiger partial charge in [-0.3, -0.25) is 9.48 Å². The summed E-state index contributed by atoms with van der Waals surface area (Å²) in [5.74, 6) is -0.367. The fourth-order valence-electron chi connectivity index (χ4n) is 0.790. The second-order valence-corrected chi connectivity index (χ2v) is 2.68. The Morgan fingerprint density at radius 3 is 3.00 bits per heavy atom. The molecule has 0 aromatic carbocycles. The molecule has 0 fully saturated rings. The molecule has 0 aliphatic rings. The molecule has 1 unspecified atom stereocenters. The second-order valence-electron chi connectivity index (χ2n) is 2.68. The van der Waals surface area contributed by atoms with Crippen molar-refractivity contribution in [2.45, 2.75) is 6.92 Å². The van der Waals surface area contributed by atoms with Crippen LogP contribution >= 0.6 is 0 Å². The maximum atomic E-state index is 11.2. The molecule has 1 aromatic rings. The molecule has 0 aliphatic heterocycles. The van der Waals surface area contributed by atoms with Gasteiger partial charge in [0.1, 0.15) is 11.7 Å². The van der Waals surface area contributed by atoms with E-state index in [1.807, 2.05) is 6.07 Å². The molecule has 0 saturated carbocycles. The molecule has 0 spiro atoms. The summed E-state index contributed by atoms with van der Waals surface area (Å²) in [5, 5.41) is 14.9. The summed E-state index contributed by atoms with van der Waals surface area (Å²) >= 11 is 0. The van der Waals surface area contributed by atoms with Gasteiger partial charge in [-0.15, -0.1) is 0 Å². The quantitative estimate of drug-likeness (QED) is 0.717. The fraction of sp³-hybridized carbons (Fsp3) is 0.375. The Kier molecular flexibility index (Phi) is 2.65. The predicted octanol–water partition coefficient (Wildman–Crippen LogP) is 0.518. The molecule has 13 heavy (non-hydrogen) atoms. The van der Waals surface area contributed by atoms with Gasteiger partial charge in [0.2, 0.25) is 5.91 Å². The Hall–Kier alpha value is -1.83. The van der Waals surface area contributed by atoms with Crippen molar-refractivity contribution in [3.8, 4) is 6.07 Å². The van der Waals surface area contributed by atoms with Crippen molar-refractivity contribution in [1.82, 2.24) is 9.78 Å². The lowest BCUT2D eigenvalue weighted by atomic mass is 10.2. The number of hydrogen-bond donors (Lipinski definition) is 1. The Labute approximate surface area is 76.0 Å². The van der Waals surface area contributed by atoms with Gasteiger partial charge in [0.25, 0.3) is 0 Å². The van der Waals surface area contributed by atoms with Gasteiger partial charge in [-0.1, -0.05) is 0 Å². The lowest BCUT2D eigenvalue weighted by molar-refractivity contribution is -0.118. The summed E-state index contributed by atoms with van der Waals surface area (Å²) in [4.78, 5) is 11.2. The molecule has 1 heterocycles. The number of aryl methyl sites for hydroxylation is 1. The number of amides is 1. The Bertz CT molecular complexity index is 349. The zero-order valence-corrected chi connectivity index (χ0v) is 7.48. The molecular formula is C8H10N4O. The summed E-state index contributed by atoms with van der Waals surface area (Å²) < 4.78 is 1.53. The van der Waals surface area contributed by atoms with Crippen LogP contribution in [0.4, 0.5) is 5.82 Å². The predicted molar refractivity (Wildman–Crippen MR) is 46.6 cm³/mol. The lowest BCUT2D eigenvalue weighted by Gasteiger charge is -2.05. The topological polar surface area (TPSA) is 70.7 Å². The first-order chi connectivity index (χ1) is 6.15. The number of rotatable bonds is 2. The van der Waals surface area contributed by atoms with Crippen LogP contribution < -0.4 is 5.32 Å². The van der Waals surface area contributed by atoms with Crippen molar-refractivity contribution in [2.24, 2.45) is 13.0 Å². The molecule has 0 bridgehead atoms. The monoisotopic (exact) mass is 178 g/mol. The summed E-state index contributed by atoms with van der Waals surface area (Å²) in [6, 6.07) is 3.52. The van der Waals surface area contributed by atoms with E-state index < -0.39 is 5.92 Å². The zero-order chi connectivity index (χ0) is 9.84. The molecule has 1 N–H and O–H groups in total. The van der Waals surface area contributed by atoms with Crippen LogP contribution in [0.2, 0.25) is 0 Å². The van der Waals surface area contributed by atoms with Crippen LogP contribution in [-0.4, -0.2) is 15.7 Å². The van der Waals surface area contributed by atoms with Crippen LogP contribution in [0.25, 0.3) is 0 Å². The Morgan fingerprint density at radius 2 is 2.54 bits per heavy atom. The van der Waals surface area contributed by atoms with Crippen molar-refractivity contribution < 1.29 is 4.79 Å². The van der Waals surface area contributed by atoms with Gasteiger partial charge in [0.15, 0.2) is 0 Å². The molecule has 1 aromatic heterocycles. The van der Waals surface area contributed by atoms with Crippen LogP contribution in [0.5, 0.6) is 0 Å². The van der Waals surface area contributed by atoms with E-state index in [0.717, 1.165) is 0 Å². The lowest BCUT2D eigenvalue weighted by Crippen LogP contribution is -2.20. The van der Waals surface area contributed by atoms with Crippen molar-refractivity contribution in [2.75, 3.05) is 5.32 Å². The van der Waals surface area contributed by atoms with Crippen LogP contribution in [0, 0.1) is 17.2 Å². The highest BCUT2D eigenvalue weighted by Gasteiger charge is 2.12. The van der Waals surface area contributed by atoms with E-state index in [2.05, 4.69) is 10.4 Å². The van der Waals surface area contributed by atoms with Gasteiger partial charge < -0.3 is 5.32 Å². The maximum Gasteiger partial charge on any atom is 0.242 e. The first kappa shape index (κ1) is 9.26. The largest absolute Gasteiger partial charge is 0.310 e. The number of nitriles is 1. The highest BCUT2D eigenvalue weighted by molar-refractivity contribution is 5.93. The smallest absolute Gasteiger partial charge is 0.242 e. The summed E-state index contributed by atoms with van der Waals surface area (Å²) in [5.41, 5.74) is 0. The van der Waals surface area contributed by atoms with Crippen LogP contribution in [0.3, 0.4) is 0 Å². The number of aromatic nitrogens is 2. The number of hydrogen-bond acceptors (Lipinski definition) is 3. The highest BCUT2D eigenvalue weighted by atomic mass is 16.1. The Morgan fingerprint density at radius 1 is 1.85 bits per heavy atom. The SMILES string of the molecule is CC(C#N)C(=O)Nc1ccnn1C. The third-order valence-electron chi connectivity index (χ3n) is 1.66. The average Bonchev–Trinajstić information content (AvgIpc) is 2.50. The zero-order valence-electron chi connectivity index (χ0n) is 7.48. The molecule has 0 aliphatic carbocycles. The van der Waals surface area contributed by atoms with E-state index >= 15 is 0 Å². The normalized spacial score (nSPS) is 11.8. The number of carbonyl (C=O) groups excluding carboxylic acids is 1. The third kappa shape index (κ3) is 2.06. The molecule has 1 atom stereocenters. The van der Waals surface area contributed by atoms with Gasteiger partial charge in [-0.25, -0.2) is 0 Å². The Balaban J connectivity index is 2.66. The molecule has 1 rings (SSSR count). The second kappa shape index (κ2) is 3.72. The van der Waals surface area contributed by atoms with Gasteiger partial charge in [-0.05, 0) is 6.92 Å². The van der Waals surface area contributed by atoms with Crippen LogP contribution in [0.15, 0.2) is 12.3 Å². The summed E-state index contributed by atoms with van der Waals surface area (Å²) in [6.45, 7) is 1.55. The number of carbonyl (C=O) groups is 1. The first-order valence-corrected chi connectivity index (χ1v) is 3.83. The number of anilines is 1. The van der Waals surface area contributed by atoms with E-state index in [-0.39, 0.29) is 5.91 Å². The third-order valence-corrected chi connectivity index (χ3v) is 1.66. The van der Waals surface area contributed by atoms with Crippen LogP contribution in [-0.2, 0) is 11.8 Å². The van der Waals surface area contributed by atoms with Crippen LogP contribution in [0.1, 0.15) is 6.92 Å². The van der Waals surface area contributed by atoms with E-state index in [9.17, 15) is 4.79 Å². The van der Waals surface area contributed by atoms with Crippen molar-refractivity contribution in [3.05, 3.63) is 12.3 Å². The minimum atomic E-state index is -0.644. The molecule has 5 heteroatoms. The van der Waals surface area contributed by atoms with Gasteiger partial charge in [-0.2, -0.15) is 10.4 Å². The van der Waals surface area contributed by atoms with E-state index in [4.69, 9.17) is 5.26 Å². The summed E-state index contributed by atoms with van der Waals surface area (Å²) in [7, 11) is 1.71.